The number of hydrogen-bond acceptors (Lipinski definition) is 21. The number of carbonyl (C=O) groups is 5. The monoisotopic (exact) mass is 1190 g/mol. The lowest BCUT2D eigenvalue weighted by molar-refractivity contribution is -0.131. The van der Waals surface area contributed by atoms with Crippen molar-refractivity contribution in [1.29, 1.82) is 0 Å². The van der Waals surface area contributed by atoms with E-state index in [1.807, 2.05) is 24.3 Å². The molecule has 8 atom stereocenters. The van der Waals surface area contributed by atoms with Crippen LogP contribution in [0.25, 0.3) is 11.0 Å². The lowest BCUT2D eigenvalue weighted by Gasteiger charge is -2.28. The molecular formula is C57H66N12O13S2. The Morgan fingerprint density at radius 1 is 0.738 bits per heavy atom. The van der Waals surface area contributed by atoms with E-state index in [0.717, 1.165) is 13.1 Å². The van der Waals surface area contributed by atoms with E-state index in [1.54, 1.807) is 57.3 Å². The summed E-state index contributed by atoms with van der Waals surface area (Å²) in [6, 6.07) is 17.1. The van der Waals surface area contributed by atoms with Gasteiger partial charge in [0.15, 0.2) is 11.6 Å². The topological polar surface area (TPSA) is 315 Å². The number of fused-ring (bicyclic) bond motifs is 2. The number of sulfonamides is 2. The minimum atomic E-state index is -3.82. The Bertz CT molecular complexity index is 3640. The average Bonchev–Trinajstić information content (AvgIpc) is 1.91. The second-order valence-corrected chi connectivity index (χ2v) is 27.6. The van der Waals surface area contributed by atoms with Crippen LogP contribution < -0.4 is 34.0 Å². The average molecular weight is 1190 g/mol. The Morgan fingerprint density at radius 3 is 1.90 bits per heavy atom. The number of rotatable bonds is 21. The number of para-hydroxylation sites is 1. The SMILES string of the molecule is C=CC1CC1(CC(=O)[C@@H]1C[C@@H](Oc2ccnc(N3Cc4ccccc4C3)n2)CN1)C(=O)NS(=O)(=O)C1CC1.C=CC1CC1(CC(=O)[C@@H]1C[C@@H](Oc2ccnc(On3nnc4ccccc43)n2)CN1C(=O)OC(C)(C)C)C(=O)NS(=O)(=O)C1CC1. The van der Waals surface area contributed by atoms with Crippen LogP contribution in [0.4, 0.5) is 10.7 Å². The first-order chi connectivity index (χ1) is 40.0. The molecule has 6 fully saturated rings. The number of ether oxygens (including phenoxy) is 3. The molecule has 444 valence electrons. The number of benzene rings is 2. The summed E-state index contributed by atoms with van der Waals surface area (Å²) < 4.78 is 71.9. The highest BCUT2D eigenvalue weighted by Crippen LogP contribution is 2.58. The number of ketones is 2. The quantitative estimate of drug-likeness (QED) is 0.0855. The first-order valence-corrected chi connectivity index (χ1v) is 31.1. The fraction of sp³-hybridized carbons (Fsp3) is 0.491. The van der Waals surface area contributed by atoms with Crippen LogP contribution in [-0.4, -0.2) is 140 Å². The lowest BCUT2D eigenvalue weighted by Crippen LogP contribution is -2.46. The van der Waals surface area contributed by atoms with Gasteiger partial charge in [0, 0.05) is 69.8 Å². The molecule has 84 heavy (non-hydrogen) atoms. The van der Waals surface area contributed by atoms with Crippen LogP contribution in [0.15, 0.2) is 98.4 Å². The highest BCUT2D eigenvalue weighted by Gasteiger charge is 2.62. The minimum absolute atomic E-state index is 0.000625. The Kier molecular flexibility index (Phi) is 15.6. The third-order valence-electron chi connectivity index (χ3n) is 16.3. The number of likely N-dealkylation sites (tertiary alicyclic amines) is 1. The number of Topliss-reactive ketones (excluding diaryl/α,β-unsaturated/α-hetero) is 2. The van der Waals surface area contributed by atoms with Crippen molar-refractivity contribution in [2.75, 3.05) is 18.0 Å². The zero-order valence-corrected chi connectivity index (χ0v) is 48.3. The zero-order chi connectivity index (χ0) is 59.3. The highest BCUT2D eigenvalue weighted by molar-refractivity contribution is 7.91. The van der Waals surface area contributed by atoms with Gasteiger partial charge in [-0.05, 0) is 99.6 Å². The number of amides is 3. The van der Waals surface area contributed by atoms with Gasteiger partial charge in [-0.2, -0.15) is 9.97 Å². The Balaban J connectivity index is 0.000000178. The molecule has 5 aromatic rings. The van der Waals surface area contributed by atoms with Crippen molar-refractivity contribution < 1.29 is 59.9 Å². The minimum Gasteiger partial charge on any atom is -0.473 e. The van der Waals surface area contributed by atoms with Gasteiger partial charge < -0.3 is 29.3 Å². The van der Waals surface area contributed by atoms with E-state index in [2.05, 4.69) is 75.2 Å². The van der Waals surface area contributed by atoms with Crippen molar-refractivity contribution >= 4 is 66.5 Å². The van der Waals surface area contributed by atoms with E-state index in [9.17, 15) is 40.8 Å². The van der Waals surface area contributed by atoms with Gasteiger partial charge in [-0.3, -0.25) is 33.5 Å². The summed E-state index contributed by atoms with van der Waals surface area (Å²) in [5, 5.41) is 10.1. The normalized spacial score (nSPS) is 26.0. The largest absolute Gasteiger partial charge is 0.473 e. The Labute approximate surface area is 485 Å². The van der Waals surface area contributed by atoms with Crippen molar-refractivity contribution in [3.63, 3.8) is 0 Å². The fourth-order valence-corrected chi connectivity index (χ4v) is 13.9. The predicted octanol–water partition coefficient (Wildman–Crippen LogP) is 4.45. The molecule has 0 spiro atoms. The van der Waals surface area contributed by atoms with Crippen molar-refractivity contribution in [2.45, 2.75) is 138 Å². The number of allylic oxidation sites excluding steroid dienone is 2. The van der Waals surface area contributed by atoms with Crippen molar-refractivity contribution in [3.8, 4) is 17.8 Å². The molecule has 3 N–H and O–H groups in total. The molecule has 12 rings (SSSR count). The number of carbonyl (C=O) groups excluding carboxylic acids is 5. The van der Waals surface area contributed by atoms with E-state index in [1.165, 1.54) is 33.1 Å². The zero-order valence-electron chi connectivity index (χ0n) is 46.7. The van der Waals surface area contributed by atoms with Gasteiger partial charge in [-0.1, -0.05) is 53.4 Å². The van der Waals surface area contributed by atoms with Crippen LogP contribution in [0.3, 0.4) is 0 Å². The first-order valence-electron chi connectivity index (χ1n) is 28.0. The summed E-state index contributed by atoms with van der Waals surface area (Å²) in [6.45, 7) is 14.6. The summed E-state index contributed by atoms with van der Waals surface area (Å²) in [4.78, 5) is 94.2. The summed E-state index contributed by atoms with van der Waals surface area (Å²) in [6.07, 6.45) is 7.65. The smallest absolute Gasteiger partial charge is 0.411 e. The molecule has 4 unspecified atom stereocenters. The maximum atomic E-state index is 13.9. The molecule has 4 saturated carbocycles. The molecule has 7 aliphatic rings. The van der Waals surface area contributed by atoms with Gasteiger partial charge in [-0.25, -0.2) is 31.6 Å². The molecule has 25 nitrogen and oxygen atoms in total. The molecule has 2 aromatic carbocycles. The third-order valence-corrected chi connectivity index (χ3v) is 19.9. The Morgan fingerprint density at radius 2 is 1.31 bits per heavy atom. The number of nitrogens with zero attached hydrogens (tertiary/aromatic N) is 9. The van der Waals surface area contributed by atoms with Crippen LogP contribution in [0, 0.1) is 22.7 Å². The molecule has 3 amide bonds. The maximum absolute atomic E-state index is 13.9. The maximum Gasteiger partial charge on any atom is 0.411 e. The van der Waals surface area contributed by atoms with Gasteiger partial charge in [-0.15, -0.1) is 18.3 Å². The van der Waals surface area contributed by atoms with Gasteiger partial charge in [0.05, 0.1) is 40.0 Å². The summed E-state index contributed by atoms with van der Waals surface area (Å²) >= 11 is 0. The van der Waals surface area contributed by atoms with E-state index in [4.69, 9.17) is 19.0 Å². The third kappa shape index (κ3) is 12.6. The lowest BCUT2D eigenvalue weighted by atomic mass is 9.91. The van der Waals surface area contributed by atoms with Crippen LogP contribution in [0.1, 0.15) is 96.1 Å². The highest BCUT2D eigenvalue weighted by atomic mass is 32.2. The summed E-state index contributed by atoms with van der Waals surface area (Å²) in [7, 11) is -7.50. The van der Waals surface area contributed by atoms with Crippen LogP contribution in [-0.2, 0) is 57.1 Å². The Hall–Kier alpha value is -7.91. The molecule has 3 aliphatic heterocycles. The van der Waals surface area contributed by atoms with Crippen molar-refractivity contribution in [3.05, 3.63) is 109 Å². The molecule has 2 saturated heterocycles. The number of aromatic nitrogens is 7. The van der Waals surface area contributed by atoms with E-state index < -0.39 is 88.9 Å². The number of hydrogen-bond donors (Lipinski definition) is 3. The van der Waals surface area contributed by atoms with Crippen molar-refractivity contribution in [2.24, 2.45) is 22.7 Å². The number of anilines is 1. The van der Waals surface area contributed by atoms with Gasteiger partial charge in [0.2, 0.25) is 49.6 Å². The van der Waals surface area contributed by atoms with E-state index in [0.29, 0.717) is 67.9 Å². The molecule has 3 aromatic heterocycles. The molecular weight excluding hydrogens is 1120 g/mol. The van der Waals surface area contributed by atoms with Gasteiger partial charge in [0.1, 0.15) is 28.8 Å². The number of nitrogens with one attached hydrogen (secondary N) is 3. The standard InChI is InChI=1S/C30H35N7O8S.C27H31N5O5S/c1-5-18-15-30(18,26(39)34-46(41,42)20-10-11-20)16-24(38)23-14-19(17-36(23)28(40)44-29(2,3)4)43-25-12-13-31-27(32-25)45-37-22-9-7-6-8-21(22)33-35-37;1-2-19-12-27(19,25(34)31-38(35,36)21-7-8-21)13-23(33)22-11-20(14-29-22)37-24-9-10-28-26(30-24)32-15-17-5-3-4-6-18(17)16-32/h5-9,12-13,18-20,23H,1,10-11,14-17H2,2-4H3,(H,34,39);2-6,9-10,19-22,29H,1,7-8,11-16H2,(H,31,34)/t18?,19-,23+,30?;19?,20-,22+,27?/m11/s1. The molecule has 4 aliphatic carbocycles. The molecule has 0 radical (unpaired) electrons. The van der Waals surface area contributed by atoms with Crippen LogP contribution in [0.5, 0.6) is 17.8 Å². The second-order valence-electron chi connectivity index (χ2n) is 23.6. The van der Waals surface area contributed by atoms with Gasteiger partial charge in [0.25, 0.3) is 0 Å². The predicted molar refractivity (Wildman–Crippen MR) is 301 cm³/mol. The van der Waals surface area contributed by atoms with E-state index in [-0.39, 0.29) is 67.8 Å². The second kappa shape index (κ2) is 22.6. The van der Waals surface area contributed by atoms with Crippen LogP contribution in [0.2, 0.25) is 0 Å². The van der Waals surface area contributed by atoms with Crippen LogP contribution >= 0.6 is 0 Å². The summed E-state index contributed by atoms with van der Waals surface area (Å²) in [5.74, 6) is -1.28. The van der Waals surface area contributed by atoms with Crippen molar-refractivity contribution in [1.82, 2.24) is 54.8 Å². The summed E-state index contributed by atoms with van der Waals surface area (Å²) in [5.41, 5.74) is 0.600. The molecule has 6 heterocycles. The molecule has 27 heteroatoms. The van der Waals surface area contributed by atoms with Gasteiger partial charge >= 0.3 is 12.1 Å². The van der Waals surface area contributed by atoms with E-state index >= 15 is 0 Å². The first kappa shape index (κ1) is 57.9. The molecule has 0 bridgehead atoms. The fourth-order valence-electron chi connectivity index (χ4n) is 11.2.